The van der Waals surface area contributed by atoms with Gasteiger partial charge in [-0.05, 0) is 37.3 Å². The monoisotopic (exact) mass is 459 g/mol. The Bertz CT molecular complexity index is 1300. The van der Waals surface area contributed by atoms with Crippen molar-refractivity contribution in [2.24, 2.45) is 0 Å². The van der Waals surface area contributed by atoms with Crippen molar-refractivity contribution in [2.75, 3.05) is 44.2 Å². The number of nitrogens with one attached hydrogen (secondary N) is 1. The van der Waals surface area contributed by atoms with E-state index in [4.69, 9.17) is 4.52 Å². The van der Waals surface area contributed by atoms with Crippen molar-refractivity contribution in [3.8, 4) is 11.3 Å². The van der Waals surface area contributed by atoms with Gasteiger partial charge in [-0.2, -0.15) is 0 Å². The lowest BCUT2D eigenvalue weighted by atomic mass is 10.0. The van der Waals surface area contributed by atoms with Gasteiger partial charge in [0.25, 0.3) is 11.6 Å². The summed E-state index contributed by atoms with van der Waals surface area (Å²) in [6.45, 7) is 6.81. The van der Waals surface area contributed by atoms with Crippen molar-refractivity contribution in [1.82, 2.24) is 20.4 Å². The number of hydrogen-bond acceptors (Lipinski definition) is 6. The summed E-state index contributed by atoms with van der Waals surface area (Å²) in [5.41, 5.74) is 3.07. The molecule has 0 saturated carbocycles. The first-order valence-electron chi connectivity index (χ1n) is 11.4. The smallest absolute Gasteiger partial charge is 0.259 e. The molecule has 4 aromatic rings. The van der Waals surface area contributed by atoms with Crippen molar-refractivity contribution >= 4 is 22.7 Å². The van der Waals surface area contributed by atoms with Gasteiger partial charge in [0.1, 0.15) is 5.82 Å². The lowest BCUT2D eigenvalue weighted by Gasteiger charge is -2.36. The number of amides is 1. The number of pyridine rings is 1. The standard InChI is InChI=1S/C26H26FN5O2/c1-18-24-21(17-23(29-26(24)34-30-18)20-9-5-6-10-22(20)27)25(33)28-11-12-31-13-15-32(16-14-31)19-7-3-2-4-8-19/h2-10,17H,11-16H2,1H3,(H,28,33). The molecule has 1 saturated heterocycles. The van der Waals surface area contributed by atoms with Gasteiger partial charge < -0.3 is 14.7 Å². The van der Waals surface area contributed by atoms with Crippen LogP contribution in [0.15, 0.2) is 65.2 Å². The molecule has 8 heteroatoms. The molecule has 3 heterocycles. The van der Waals surface area contributed by atoms with Crippen LogP contribution in [0.1, 0.15) is 16.1 Å². The fourth-order valence-electron chi connectivity index (χ4n) is 4.37. The molecule has 2 aromatic carbocycles. The fraction of sp³-hybridized carbons (Fsp3) is 0.269. The van der Waals surface area contributed by atoms with Gasteiger partial charge in [-0.1, -0.05) is 35.5 Å². The number of aryl methyl sites for hydroxylation is 1. The van der Waals surface area contributed by atoms with Crippen LogP contribution in [0.4, 0.5) is 10.1 Å². The maximum absolute atomic E-state index is 14.4. The number of nitrogens with zero attached hydrogens (tertiary/aromatic N) is 4. The zero-order valence-corrected chi connectivity index (χ0v) is 19.0. The van der Waals surface area contributed by atoms with Crippen LogP contribution < -0.4 is 10.2 Å². The Labute approximate surface area is 197 Å². The molecule has 0 unspecified atom stereocenters. The molecule has 0 spiro atoms. The zero-order valence-electron chi connectivity index (χ0n) is 19.0. The summed E-state index contributed by atoms with van der Waals surface area (Å²) in [5.74, 6) is -0.661. The van der Waals surface area contributed by atoms with E-state index in [0.717, 1.165) is 32.7 Å². The van der Waals surface area contributed by atoms with Crippen LogP contribution in [0.3, 0.4) is 0 Å². The molecule has 1 aliphatic heterocycles. The summed E-state index contributed by atoms with van der Waals surface area (Å²) in [4.78, 5) is 22.2. The third-order valence-corrected chi connectivity index (χ3v) is 6.22. The first-order chi connectivity index (χ1) is 16.6. The third-order valence-electron chi connectivity index (χ3n) is 6.22. The summed E-state index contributed by atoms with van der Waals surface area (Å²) >= 11 is 0. The lowest BCUT2D eigenvalue weighted by Crippen LogP contribution is -2.48. The van der Waals surface area contributed by atoms with Crippen LogP contribution in [0.5, 0.6) is 0 Å². The largest absolute Gasteiger partial charge is 0.369 e. The average molecular weight is 460 g/mol. The summed E-state index contributed by atoms with van der Waals surface area (Å²) < 4.78 is 19.7. The minimum atomic E-state index is -0.411. The Balaban J connectivity index is 1.25. The average Bonchev–Trinajstić information content (AvgIpc) is 3.25. The van der Waals surface area contributed by atoms with E-state index in [-0.39, 0.29) is 11.6 Å². The van der Waals surface area contributed by atoms with Gasteiger partial charge in [0, 0.05) is 50.5 Å². The molecular formula is C26H26FN5O2. The quantitative estimate of drug-likeness (QED) is 0.472. The van der Waals surface area contributed by atoms with Gasteiger partial charge in [0.15, 0.2) is 0 Å². The summed E-state index contributed by atoms with van der Waals surface area (Å²) in [7, 11) is 0. The van der Waals surface area contributed by atoms with Gasteiger partial charge in [0.05, 0.1) is 22.3 Å². The Morgan fingerprint density at radius 3 is 2.56 bits per heavy atom. The van der Waals surface area contributed by atoms with Gasteiger partial charge in [-0.3, -0.25) is 9.69 Å². The number of halogens is 1. The second-order valence-corrected chi connectivity index (χ2v) is 8.40. The van der Waals surface area contributed by atoms with Gasteiger partial charge in [-0.25, -0.2) is 9.37 Å². The van der Waals surface area contributed by atoms with Crippen LogP contribution in [-0.4, -0.2) is 60.2 Å². The minimum absolute atomic E-state index is 0.223. The van der Waals surface area contributed by atoms with Crippen molar-refractivity contribution in [3.05, 3.63) is 77.7 Å². The molecule has 1 amide bonds. The number of carbonyl (C=O) groups is 1. The maximum atomic E-state index is 14.4. The van der Waals surface area contributed by atoms with Crippen molar-refractivity contribution in [2.45, 2.75) is 6.92 Å². The summed E-state index contributed by atoms with van der Waals surface area (Å²) in [6, 6.07) is 18.4. The number of benzene rings is 2. The maximum Gasteiger partial charge on any atom is 0.259 e. The molecule has 0 radical (unpaired) electrons. The van der Waals surface area contributed by atoms with Gasteiger partial charge in [0.2, 0.25) is 0 Å². The highest BCUT2D eigenvalue weighted by molar-refractivity contribution is 6.07. The Hall–Kier alpha value is -3.78. The second-order valence-electron chi connectivity index (χ2n) is 8.40. The third kappa shape index (κ3) is 4.49. The molecule has 0 aliphatic carbocycles. The zero-order chi connectivity index (χ0) is 23.5. The molecular weight excluding hydrogens is 433 g/mol. The first-order valence-corrected chi connectivity index (χ1v) is 11.4. The Kier molecular flexibility index (Phi) is 6.22. The van der Waals surface area contributed by atoms with Crippen molar-refractivity contribution < 1.29 is 13.7 Å². The number of rotatable bonds is 6. The number of para-hydroxylation sites is 1. The molecule has 1 fully saturated rings. The Morgan fingerprint density at radius 1 is 1.06 bits per heavy atom. The summed E-state index contributed by atoms with van der Waals surface area (Å²) in [5, 5.41) is 7.51. The summed E-state index contributed by atoms with van der Waals surface area (Å²) in [6.07, 6.45) is 0. The van der Waals surface area contributed by atoms with Crippen LogP contribution in [0.2, 0.25) is 0 Å². The van der Waals surface area contributed by atoms with E-state index in [2.05, 4.69) is 49.5 Å². The fourth-order valence-corrected chi connectivity index (χ4v) is 4.37. The normalized spacial score (nSPS) is 14.5. The number of hydrogen-bond donors (Lipinski definition) is 1. The molecule has 0 atom stereocenters. The van der Waals surface area contributed by atoms with Crippen molar-refractivity contribution in [1.29, 1.82) is 0 Å². The first kappa shape index (κ1) is 22.0. The van der Waals surface area contributed by atoms with E-state index < -0.39 is 5.82 Å². The van der Waals surface area contributed by atoms with E-state index in [1.807, 2.05) is 6.07 Å². The highest BCUT2D eigenvalue weighted by Crippen LogP contribution is 2.28. The number of fused-ring (bicyclic) bond motifs is 1. The molecule has 174 valence electrons. The minimum Gasteiger partial charge on any atom is -0.369 e. The van der Waals surface area contributed by atoms with Crippen LogP contribution >= 0.6 is 0 Å². The number of anilines is 1. The molecule has 1 N–H and O–H groups in total. The van der Waals surface area contributed by atoms with Gasteiger partial charge in [-0.15, -0.1) is 0 Å². The predicted octanol–water partition coefficient (Wildman–Crippen LogP) is 3.89. The van der Waals surface area contributed by atoms with E-state index in [9.17, 15) is 9.18 Å². The molecule has 1 aliphatic rings. The SMILES string of the molecule is Cc1noc2nc(-c3ccccc3F)cc(C(=O)NCCN3CCN(c4ccccc4)CC3)c12. The topological polar surface area (TPSA) is 74.5 Å². The molecule has 7 nitrogen and oxygen atoms in total. The van der Waals surface area contributed by atoms with E-state index in [1.54, 1.807) is 31.2 Å². The molecule has 34 heavy (non-hydrogen) atoms. The lowest BCUT2D eigenvalue weighted by molar-refractivity contribution is 0.0949. The second kappa shape index (κ2) is 9.61. The van der Waals surface area contributed by atoms with Crippen LogP contribution in [-0.2, 0) is 0 Å². The van der Waals surface area contributed by atoms with Crippen molar-refractivity contribution in [3.63, 3.8) is 0 Å². The van der Waals surface area contributed by atoms with E-state index in [0.29, 0.717) is 34.4 Å². The molecule has 2 aromatic heterocycles. The highest BCUT2D eigenvalue weighted by atomic mass is 19.1. The van der Waals surface area contributed by atoms with Gasteiger partial charge >= 0.3 is 0 Å². The Morgan fingerprint density at radius 2 is 1.79 bits per heavy atom. The van der Waals surface area contributed by atoms with Crippen LogP contribution in [0.25, 0.3) is 22.4 Å². The molecule has 5 rings (SSSR count). The van der Waals surface area contributed by atoms with E-state index >= 15 is 0 Å². The molecule has 0 bridgehead atoms. The number of carbonyl (C=O) groups excluding carboxylic acids is 1. The number of aromatic nitrogens is 2. The van der Waals surface area contributed by atoms with Crippen LogP contribution in [0, 0.1) is 12.7 Å². The number of piperazine rings is 1. The predicted molar refractivity (Wildman–Crippen MR) is 129 cm³/mol. The highest BCUT2D eigenvalue weighted by Gasteiger charge is 2.21. The van der Waals surface area contributed by atoms with E-state index in [1.165, 1.54) is 11.8 Å².